The molecule has 0 unspecified atom stereocenters. The van der Waals surface area contributed by atoms with E-state index in [1.807, 2.05) is 32.0 Å². The number of phenolic OH excluding ortho intramolecular Hbond substituents is 1. The monoisotopic (exact) mass is 457 g/mol. The van der Waals surface area contributed by atoms with Gasteiger partial charge in [0, 0.05) is 5.56 Å². The summed E-state index contributed by atoms with van der Waals surface area (Å²) in [5.74, 6) is -1.39. The van der Waals surface area contributed by atoms with Gasteiger partial charge >= 0.3 is 5.97 Å². The SMILES string of the molecule is Cc1cc(N=Nc2c(C)[nH]n(-c3ccc(C)c(C)c3)c2=O)c(O)c(-c2cccc(C(=O)O)n2)c1. The summed E-state index contributed by atoms with van der Waals surface area (Å²) in [5, 5.41) is 31.3. The predicted molar refractivity (Wildman–Crippen MR) is 128 cm³/mol. The summed E-state index contributed by atoms with van der Waals surface area (Å²) in [6, 6.07) is 13.5. The van der Waals surface area contributed by atoms with Crippen molar-refractivity contribution in [2.45, 2.75) is 27.7 Å². The van der Waals surface area contributed by atoms with Crippen molar-refractivity contribution in [1.82, 2.24) is 14.8 Å². The Kier molecular flexibility index (Phi) is 5.85. The highest BCUT2D eigenvalue weighted by atomic mass is 16.4. The number of H-pyrrole nitrogens is 1. The Morgan fingerprint density at radius 1 is 1.00 bits per heavy atom. The highest BCUT2D eigenvalue weighted by Crippen LogP contribution is 2.38. The number of hydrogen-bond donors (Lipinski definition) is 3. The number of aromatic carboxylic acids is 1. The van der Waals surface area contributed by atoms with Gasteiger partial charge in [-0.2, -0.15) is 0 Å². The number of nitrogens with zero attached hydrogens (tertiary/aromatic N) is 4. The first-order valence-corrected chi connectivity index (χ1v) is 10.5. The predicted octanol–water partition coefficient (Wildman–Crippen LogP) is 5.28. The van der Waals surface area contributed by atoms with Gasteiger partial charge in [-0.15, -0.1) is 10.2 Å². The minimum absolute atomic E-state index is 0.117. The topological polar surface area (TPSA) is 133 Å². The number of aromatic nitrogens is 3. The molecule has 0 atom stereocenters. The van der Waals surface area contributed by atoms with Crippen LogP contribution in [0.4, 0.5) is 11.4 Å². The Balaban J connectivity index is 1.75. The van der Waals surface area contributed by atoms with Gasteiger partial charge in [-0.05, 0) is 80.8 Å². The molecule has 2 heterocycles. The maximum Gasteiger partial charge on any atom is 0.354 e. The Hall–Kier alpha value is -4.53. The van der Waals surface area contributed by atoms with E-state index < -0.39 is 5.97 Å². The Bertz CT molecular complexity index is 1510. The van der Waals surface area contributed by atoms with Crippen LogP contribution in [0.25, 0.3) is 16.9 Å². The molecule has 0 spiro atoms. The molecule has 9 nitrogen and oxygen atoms in total. The first kappa shape index (κ1) is 22.7. The van der Waals surface area contributed by atoms with E-state index >= 15 is 0 Å². The summed E-state index contributed by atoms with van der Waals surface area (Å²) in [5.41, 5.74) is 4.47. The van der Waals surface area contributed by atoms with Crippen molar-refractivity contribution in [1.29, 1.82) is 0 Å². The molecule has 0 amide bonds. The van der Waals surface area contributed by atoms with Crippen LogP contribution in [0.5, 0.6) is 5.75 Å². The quantitative estimate of drug-likeness (QED) is 0.351. The minimum atomic E-state index is -1.17. The number of carbonyl (C=O) groups is 1. The van der Waals surface area contributed by atoms with Crippen LogP contribution in [0, 0.1) is 27.7 Å². The van der Waals surface area contributed by atoms with E-state index in [0.29, 0.717) is 16.9 Å². The largest absolute Gasteiger partial charge is 0.505 e. The number of pyridine rings is 1. The number of rotatable bonds is 5. The smallest absolute Gasteiger partial charge is 0.354 e. The second-order valence-electron chi connectivity index (χ2n) is 8.09. The maximum absolute atomic E-state index is 13.0. The lowest BCUT2D eigenvalue weighted by atomic mass is 10.0. The number of carboxylic acid groups (broad SMARTS) is 1. The van der Waals surface area contributed by atoms with Gasteiger partial charge < -0.3 is 10.2 Å². The fourth-order valence-electron chi connectivity index (χ4n) is 3.54. The van der Waals surface area contributed by atoms with Crippen molar-refractivity contribution in [2.24, 2.45) is 10.2 Å². The number of hydrogen-bond acceptors (Lipinski definition) is 6. The third-order valence-corrected chi connectivity index (χ3v) is 5.53. The average molecular weight is 457 g/mol. The van der Waals surface area contributed by atoms with E-state index in [1.54, 1.807) is 38.1 Å². The molecule has 3 N–H and O–H groups in total. The van der Waals surface area contributed by atoms with Crippen LogP contribution < -0.4 is 5.56 Å². The van der Waals surface area contributed by atoms with E-state index in [2.05, 4.69) is 20.3 Å². The highest BCUT2D eigenvalue weighted by Gasteiger charge is 2.16. The molecule has 34 heavy (non-hydrogen) atoms. The highest BCUT2D eigenvalue weighted by molar-refractivity contribution is 5.86. The van der Waals surface area contributed by atoms with E-state index in [1.165, 1.54) is 10.7 Å². The molecule has 2 aromatic heterocycles. The number of phenols is 1. The lowest BCUT2D eigenvalue weighted by molar-refractivity contribution is 0.0690. The molecule has 4 aromatic rings. The van der Waals surface area contributed by atoms with Crippen LogP contribution in [-0.4, -0.2) is 30.9 Å². The number of nitrogens with one attached hydrogen (secondary N) is 1. The Morgan fingerprint density at radius 3 is 2.47 bits per heavy atom. The van der Waals surface area contributed by atoms with Gasteiger partial charge in [0.2, 0.25) is 0 Å². The van der Waals surface area contributed by atoms with Gasteiger partial charge in [0.25, 0.3) is 5.56 Å². The molecular weight excluding hydrogens is 434 g/mol. The van der Waals surface area contributed by atoms with Crippen LogP contribution >= 0.6 is 0 Å². The Morgan fingerprint density at radius 2 is 1.76 bits per heavy atom. The molecule has 0 aliphatic rings. The van der Waals surface area contributed by atoms with Crippen molar-refractivity contribution < 1.29 is 15.0 Å². The third kappa shape index (κ3) is 4.23. The summed E-state index contributed by atoms with van der Waals surface area (Å²) < 4.78 is 1.40. The van der Waals surface area contributed by atoms with Crippen molar-refractivity contribution in [2.75, 3.05) is 0 Å². The second-order valence-corrected chi connectivity index (χ2v) is 8.09. The molecule has 0 aliphatic heterocycles. The van der Waals surface area contributed by atoms with E-state index in [-0.39, 0.29) is 34.1 Å². The maximum atomic E-state index is 13.0. The molecule has 172 valence electrons. The van der Waals surface area contributed by atoms with Crippen LogP contribution in [0.15, 0.2) is 63.6 Å². The molecule has 0 saturated heterocycles. The minimum Gasteiger partial charge on any atom is -0.505 e. The van der Waals surface area contributed by atoms with Crippen LogP contribution in [0.2, 0.25) is 0 Å². The van der Waals surface area contributed by atoms with Gasteiger partial charge in [-0.25, -0.2) is 14.5 Å². The first-order valence-electron chi connectivity index (χ1n) is 10.5. The van der Waals surface area contributed by atoms with Gasteiger partial charge in [-0.3, -0.25) is 9.89 Å². The summed E-state index contributed by atoms with van der Waals surface area (Å²) >= 11 is 0. The van der Waals surface area contributed by atoms with Gasteiger partial charge in [-0.1, -0.05) is 12.1 Å². The molecule has 0 radical (unpaired) electrons. The van der Waals surface area contributed by atoms with Crippen molar-refractivity contribution in [3.8, 4) is 22.7 Å². The van der Waals surface area contributed by atoms with Gasteiger partial charge in [0.05, 0.1) is 17.1 Å². The number of benzene rings is 2. The van der Waals surface area contributed by atoms with Gasteiger partial charge in [0.1, 0.15) is 11.4 Å². The lowest BCUT2D eigenvalue weighted by Gasteiger charge is -2.08. The fraction of sp³-hybridized carbons (Fsp3) is 0.160. The van der Waals surface area contributed by atoms with Crippen LogP contribution in [0.1, 0.15) is 32.9 Å². The summed E-state index contributed by atoms with van der Waals surface area (Å²) in [6.45, 7) is 7.49. The lowest BCUT2D eigenvalue weighted by Crippen LogP contribution is -2.14. The zero-order valence-corrected chi connectivity index (χ0v) is 19.1. The zero-order valence-electron chi connectivity index (χ0n) is 19.1. The zero-order chi connectivity index (χ0) is 24.6. The summed E-state index contributed by atoms with van der Waals surface area (Å²) in [4.78, 5) is 28.4. The van der Waals surface area contributed by atoms with Crippen molar-refractivity contribution in [3.05, 3.63) is 87.0 Å². The number of carboxylic acids is 1. The summed E-state index contributed by atoms with van der Waals surface area (Å²) in [6.07, 6.45) is 0. The fourth-order valence-corrected chi connectivity index (χ4v) is 3.54. The third-order valence-electron chi connectivity index (χ3n) is 5.53. The van der Waals surface area contributed by atoms with Gasteiger partial charge in [0.15, 0.2) is 11.4 Å². The number of aryl methyl sites for hydroxylation is 4. The molecule has 4 rings (SSSR count). The molecule has 0 aliphatic carbocycles. The molecule has 2 aromatic carbocycles. The standard InChI is InChI=1S/C25H23N5O4/c1-13-10-18(19-6-5-7-20(26-19)25(33)34)23(31)21(11-13)27-28-22-16(4)29-30(24(22)32)17-9-8-14(2)15(3)12-17/h5-12,29,31H,1-4H3,(H,33,34). The van der Waals surface area contributed by atoms with Crippen LogP contribution in [0.3, 0.4) is 0 Å². The number of aromatic hydroxyl groups is 1. The first-order chi connectivity index (χ1) is 16.2. The molecule has 0 saturated carbocycles. The summed E-state index contributed by atoms with van der Waals surface area (Å²) in [7, 11) is 0. The number of aromatic amines is 1. The second kappa shape index (κ2) is 8.78. The average Bonchev–Trinajstić information content (AvgIpc) is 3.09. The Labute approximate surface area is 195 Å². The van der Waals surface area contributed by atoms with E-state index in [9.17, 15) is 19.8 Å². The molecular formula is C25H23N5O4. The number of azo groups is 1. The normalized spacial score (nSPS) is 11.3. The molecule has 0 bridgehead atoms. The van der Waals surface area contributed by atoms with Crippen LogP contribution in [-0.2, 0) is 0 Å². The van der Waals surface area contributed by atoms with Crippen molar-refractivity contribution >= 4 is 17.3 Å². The van der Waals surface area contributed by atoms with E-state index in [4.69, 9.17) is 0 Å². The molecule has 0 fully saturated rings. The molecule has 9 heteroatoms. The van der Waals surface area contributed by atoms with Crippen molar-refractivity contribution in [3.63, 3.8) is 0 Å². The van der Waals surface area contributed by atoms with E-state index in [0.717, 1.165) is 16.7 Å².